The van der Waals surface area contributed by atoms with Crippen LogP contribution in [0.25, 0.3) is 0 Å². The van der Waals surface area contributed by atoms with Gasteiger partial charge in [0, 0.05) is 0 Å². The Labute approximate surface area is 165 Å². The van der Waals surface area contributed by atoms with E-state index in [1.165, 1.54) is 44.2 Å². The molecule has 1 heterocycles. The van der Waals surface area contributed by atoms with Crippen LogP contribution in [-0.4, -0.2) is 29.1 Å². The van der Waals surface area contributed by atoms with Crippen LogP contribution in [0.4, 0.5) is 10.2 Å². The molecule has 6 nitrogen and oxygen atoms in total. The minimum absolute atomic E-state index is 0.112. The zero-order valence-corrected chi connectivity index (χ0v) is 16.3. The van der Waals surface area contributed by atoms with E-state index in [0.29, 0.717) is 10.7 Å². The third kappa shape index (κ3) is 5.80. The maximum atomic E-state index is 12.9. The Hall–Kier alpha value is -2.38. The van der Waals surface area contributed by atoms with Crippen LogP contribution in [-0.2, 0) is 14.3 Å². The van der Waals surface area contributed by atoms with Gasteiger partial charge in [-0.05, 0) is 51.1 Å². The van der Waals surface area contributed by atoms with Gasteiger partial charge in [0.15, 0.2) is 18.0 Å². The highest BCUT2D eigenvalue weighted by atomic mass is 35.5. The second-order valence-electron chi connectivity index (χ2n) is 6.08. The molecule has 1 aromatic carbocycles. The molecule has 27 heavy (non-hydrogen) atoms. The number of hydrogen-bond donors (Lipinski definition) is 1. The van der Waals surface area contributed by atoms with E-state index in [1.54, 1.807) is 6.92 Å². The van der Waals surface area contributed by atoms with Crippen molar-refractivity contribution in [1.29, 1.82) is 0 Å². The monoisotopic (exact) mass is 414 g/mol. The third-order valence-corrected chi connectivity index (χ3v) is 4.05. The third-order valence-electron chi connectivity index (χ3n) is 3.38. The van der Waals surface area contributed by atoms with E-state index >= 15 is 0 Å². The molecular formula is C18H17Cl2FN2O4. The lowest BCUT2D eigenvalue weighted by molar-refractivity contribution is -0.161. The Morgan fingerprint density at radius 1 is 1.19 bits per heavy atom. The van der Waals surface area contributed by atoms with Crippen LogP contribution in [0.1, 0.15) is 19.5 Å². The molecule has 9 heteroatoms. The van der Waals surface area contributed by atoms with Crippen molar-refractivity contribution in [2.24, 2.45) is 0 Å². The number of aryl methyl sites for hydroxylation is 1. The first-order valence-electron chi connectivity index (χ1n) is 7.83. The summed E-state index contributed by atoms with van der Waals surface area (Å²) in [5.41, 5.74) is -0.896. The predicted octanol–water partition coefficient (Wildman–Crippen LogP) is 4.18. The summed E-state index contributed by atoms with van der Waals surface area (Å²) in [5.74, 6) is -1.42. The van der Waals surface area contributed by atoms with Crippen LogP contribution in [0.15, 0.2) is 30.3 Å². The maximum Gasteiger partial charge on any atom is 0.350 e. The molecule has 0 fully saturated rings. The van der Waals surface area contributed by atoms with Crippen LogP contribution in [0, 0.1) is 12.7 Å². The number of ether oxygens (including phenoxy) is 2. The largest absolute Gasteiger partial charge is 0.476 e. The molecule has 0 bridgehead atoms. The summed E-state index contributed by atoms with van der Waals surface area (Å²) in [5, 5.41) is 2.96. The Kier molecular flexibility index (Phi) is 6.62. The normalized spacial score (nSPS) is 11.0. The average Bonchev–Trinajstić information content (AvgIpc) is 2.59. The summed E-state index contributed by atoms with van der Waals surface area (Å²) in [6.07, 6.45) is 0. The number of carbonyl (C=O) groups is 2. The lowest BCUT2D eigenvalue weighted by Gasteiger charge is -2.24. The molecule has 1 N–H and O–H groups in total. The van der Waals surface area contributed by atoms with E-state index in [1.807, 2.05) is 0 Å². The van der Waals surface area contributed by atoms with Gasteiger partial charge in [0.1, 0.15) is 11.6 Å². The van der Waals surface area contributed by atoms with Crippen molar-refractivity contribution in [3.05, 3.63) is 51.9 Å². The molecule has 0 spiro atoms. The van der Waals surface area contributed by atoms with Gasteiger partial charge in [-0.2, -0.15) is 0 Å². The second kappa shape index (κ2) is 8.54. The Balaban J connectivity index is 1.92. The fourth-order valence-electron chi connectivity index (χ4n) is 1.96. The Bertz CT molecular complexity index is 857. The van der Waals surface area contributed by atoms with Crippen molar-refractivity contribution in [2.45, 2.75) is 26.4 Å². The standard InChI is InChI=1S/C18H17Cl2FN2O4/c1-10-13(19)8-14(20)16(22-10)23-15(24)9-26-17(25)18(2,3)27-12-6-4-11(21)5-7-12/h4-8H,9H2,1-3H3,(H,22,23,24). The molecule has 0 atom stereocenters. The fourth-order valence-corrected chi connectivity index (χ4v) is 2.36. The number of aromatic nitrogens is 1. The summed E-state index contributed by atoms with van der Waals surface area (Å²) < 4.78 is 23.4. The van der Waals surface area contributed by atoms with E-state index in [-0.39, 0.29) is 16.6 Å². The minimum Gasteiger partial charge on any atom is -0.476 e. The zero-order chi connectivity index (χ0) is 20.2. The smallest absolute Gasteiger partial charge is 0.350 e. The number of carbonyl (C=O) groups excluding carboxylic acids is 2. The summed E-state index contributed by atoms with van der Waals surface area (Å²) in [6.45, 7) is 4.04. The molecule has 0 saturated carbocycles. The highest BCUT2D eigenvalue weighted by Gasteiger charge is 2.32. The number of hydrogen-bond acceptors (Lipinski definition) is 5. The van der Waals surface area contributed by atoms with Gasteiger partial charge >= 0.3 is 5.97 Å². The molecule has 0 aliphatic carbocycles. The van der Waals surface area contributed by atoms with Gasteiger partial charge in [-0.1, -0.05) is 23.2 Å². The fraction of sp³-hybridized carbons (Fsp3) is 0.278. The van der Waals surface area contributed by atoms with E-state index in [0.717, 1.165) is 0 Å². The number of halogens is 3. The molecule has 0 radical (unpaired) electrons. The van der Waals surface area contributed by atoms with Gasteiger partial charge in [-0.3, -0.25) is 4.79 Å². The van der Waals surface area contributed by atoms with Gasteiger partial charge in [0.2, 0.25) is 0 Å². The predicted molar refractivity (Wildman–Crippen MR) is 99.7 cm³/mol. The summed E-state index contributed by atoms with van der Waals surface area (Å²) in [6, 6.07) is 6.62. The molecule has 0 aliphatic rings. The van der Waals surface area contributed by atoms with Gasteiger partial charge in [-0.15, -0.1) is 0 Å². The van der Waals surface area contributed by atoms with Gasteiger partial charge in [0.05, 0.1) is 15.7 Å². The Morgan fingerprint density at radius 3 is 2.44 bits per heavy atom. The quantitative estimate of drug-likeness (QED) is 0.717. The molecule has 0 aliphatic heterocycles. The van der Waals surface area contributed by atoms with Crippen molar-refractivity contribution in [2.75, 3.05) is 11.9 Å². The number of rotatable bonds is 6. The molecule has 1 aromatic heterocycles. The van der Waals surface area contributed by atoms with Crippen molar-refractivity contribution in [3.8, 4) is 5.75 Å². The second-order valence-corrected chi connectivity index (χ2v) is 6.89. The van der Waals surface area contributed by atoms with Crippen LogP contribution in [0.3, 0.4) is 0 Å². The van der Waals surface area contributed by atoms with Crippen molar-refractivity contribution in [3.63, 3.8) is 0 Å². The lowest BCUT2D eigenvalue weighted by atomic mass is 10.1. The van der Waals surface area contributed by atoms with E-state index < -0.39 is 29.9 Å². The number of pyridine rings is 1. The highest BCUT2D eigenvalue weighted by Crippen LogP contribution is 2.25. The lowest BCUT2D eigenvalue weighted by Crippen LogP contribution is -2.41. The van der Waals surface area contributed by atoms with Gasteiger partial charge in [-0.25, -0.2) is 14.2 Å². The van der Waals surface area contributed by atoms with Crippen LogP contribution >= 0.6 is 23.2 Å². The first kappa shape index (κ1) is 20.9. The minimum atomic E-state index is -1.38. The molecule has 0 unspecified atom stereocenters. The molecular weight excluding hydrogens is 398 g/mol. The summed E-state index contributed by atoms with van der Waals surface area (Å²) in [7, 11) is 0. The average molecular weight is 415 g/mol. The Morgan fingerprint density at radius 2 is 1.81 bits per heavy atom. The van der Waals surface area contributed by atoms with Crippen molar-refractivity contribution < 1.29 is 23.5 Å². The molecule has 2 aromatic rings. The van der Waals surface area contributed by atoms with Crippen molar-refractivity contribution >= 4 is 40.9 Å². The number of amides is 1. The van der Waals surface area contributed by atoms with E-state index in [4.69, 9.17) is 32.7 Å². The van der Waals surface area contributed by atoms with Gasteiger partial charge in [0.25, 0.3) is 5.91 Å². The first-order valence-corrected chi connectivity index (χ1v) is 8.58. The maximum absolute atomic E-state index is 12.9. The van der Waals surface area contributed by atoms with E-state index in [9.17, 15) is 14.0 Å². The van der Waals surface area contributed by atoms with Gasteiger partial charge < -0.3 is 14.8 Å². The zero-order valence-electron chi connectivity index (χ0n) is 14.8. The number of esters is 1. The van der Waals surface area contributed by atoms with E-state index in [2.05, 4.69) is 10.3 Å². The van der Waals surface area contributed by atoms with Crippen LogP contribution < -0.4 is 10.1 Å². The first-order chi connectivity index (χ1) is 12.6. The molecule has 144 valence electrons. The summed E-state index contributed by atoms with van der Waals surface area (Å²) in [4.78, 5) is 28.2. The van der Waals surface area contributed by atoms with Crippen LogP contribution in [0.5, 0.6) is 5.75 Å². The topological polar surface area (TPSA) is 77.5 Å². The number of anilines is 1. The number of benzene rings is 1. The molecule has 2 rings (SSSR count). The number of nitrogens with zero attached hydrogens (tertiary/aromatic N) is 1. The molecule has 0 saturated heterocycles. The number of nitrogens with one attached hydrogen (secondary N) is 1. The van der Waals surface area contributed by atoms with Crippen LogP contribution in [0.2, 0.25) is 10.0 Å². The summed E-state index contributed by atoms with van der Waals surface area (Å²) >= 11 is 11.9. The van der Waals surface area contributed by atoms with Crippen molar-refractivity contribution in [1.82, 2.24) is 4.98 Å². The highest BCUT2D eigenvalue weighted by molar-refractivity contribution is 6.36. The molecule has 1 amide bonds. The SMILES string of the molecule is Cc1nc(NC(=O)COC(=O)C(C)(C)Oc2ccc(F)cc2)c(Cl)cc1Cl.